The van der Waals surface area contributed by atoms with E-state index in [1.54, 1.807) is 51.1 Å². The van der Waals surface area contributed by atoms with Gasteiger partial charge in [-0.05, 0) is 45.9 Å². The zero-order valence-electron chi connectivity index (χ0n) is 17.2. The molecule has 8 heteroatoms. The Morgan fingerprint density at radius 1 is 1.03 bits per heavy atom. The van der Waals surface area contributed by atoms with Crippen LogP contribution in [0.5, 0.6) is 11.5 Å². The topological polar surface area (TPSA) is 113 Å². The highest BCUT2D eigenvalue weighted by molar-refractivity contribution is 6.08. The van der Waals surface area contributed by atoms with Crippen LogP contribution in [-0.4, -0.2) is 28.1 Å². The molecule has 1 atom stereocenters. The number of carbonyl (C=O) groups is 3. The molecule has 0 N–H and O–H groups in total. The lowest BCUT2D eigenvalue weighted by atomic mass is 9.93. The van der Waals surface area contributed by atoms with Crippen molar-refractivity contribution >= 4 is 23.2 Å². The number of para-hydroxylation sites is 1. The van der Waals surface area contributed by atoms with Crippen LogP contribution in [0.4, 0.5) is 5.69 Å². The second kappa shape index (κ2) is 9.30. The van der Waals surface area contributed by atoms with Crippen LogP contribution in [0.1, 0.15) is 44.5 Å². The average Bonchev–Trinajstić information content (AvgIpc) is 2.64. The molecule has 2 aromatic carbocycles. The number of ether oxygens (including phenoxy) is 2. The number of carbonyl (C=O) groups excluding carboxylic acids is 3. The summed E-state index contributed by atoms with van der Waals surface area (Å²) in [6.07, 6.45) is -0.569. The van der Waals surface area contributed by atoms with E-state index in [1.165, 1.54) is 25.1 Å². The number of nitro groups is 1. The van der Waals surface area contributed by atoms with Crippen molar-refractivity contribution in [3.8, 4) is 11.5 Å². The van der Waals surface area contributed by atoms with Crippen LogP contribution in [0.2, 0.25) is 0 Å². The normalized spacial score (nSPS) is 12.0. The van der Waals surface area contributed by atoms with Gasteiger partial charge in [-0.3, -0.25) is 24.5 Å². The second-order valence-electron chi connectivity index (χ2n) is 7.65. The predicted molar refractivity (Wildman–Crippen MR) is 109 cm³/mol. The van der Waals surface area contributed by atoms with E-state index < -0.39 is 46.1 Å². The van der Waals surface area contributed by atoms with Gasteiger partial charge in [-0.15, -0.1) is 0 Å². The maximum absolute atomic E-state index is 13.0. The number of esters is 1. The van der Waals surface area contributed by atoms with Crippen molar-refractivity contribution in [3.63, 3.8) is 0 Å². The molecule has 0 unspecified atom stereocenters. The Morgan fingerprint density at radius 3 is 2.20 bits per heavy atom. The largest absolute Gasteiger partial charge is 0.459 e. The first-order chi connectivity index (χ1) is 14.0. The van der Waals surface area contributed by atoms with E-state index >= 15 is 0 Å². The third-order valence-corrected chi connectivity index (χ3v) is 4.02. The summed E-state index contributed by atoms with van der Waals surface area (Å²) in [6, 6.07) is 12.4. The molecule has 0 amide bonds. The quantitative estimate of drug-likeness (QED) is 0.206. The fourth-order valence-corrected chi connectivity index (χ4v) is 2.71. The van der Waals surface area contributed by atoms with Crippen molar-refractivity contribution in [2.45, 2.75) is 39.7 Å². The number of nitro benzene ring substituents is 1. The number of rotatable bonds is 8. The Hall–Kier alpha value is -3.55. The van der Waals surface area contributed by atoms with Crippen LogP contribution < -0.4 is 4.74 Å². The fourth-order valence-electron chi connectivity index (χ4n) is 2.71. The zero-order valence-corrected chi connectivity index (χ0v) is 17.2. The first-order valence-corrected chi connectivity index (χ1v) is 9.26. The highest BCUT2D eigenvalue weighted by Crippen LogP contribution is 2.34. The van der Waals surface area contributed by atoms with Crippen molar-refractivity contribution in [2.75, 3.05) is 0 Å². The minimum atomic E-state index is -1.37. The van der Waals surface area contributed by atoms with E-state index in [4.69, 9.17) is 9.47 Å². The van der Waals surface area contributed by atoms with Crippen molar-refractivity contribution in [3.05, 3.63) is 64.2 Å². The molecule has 0 saturated carbocycles. The van der Waals surface area contributed by atoms with Gasteiger partial charge in [-0.2, -0.15) is 0 Å². The van der Waals surface area contributed by atoms with Crippen molar-refractivity contribution in [2.24, 2.45) is 5.92 Å². The molecule has 0 spiro atoms. The summed E-state index contributed by atoms with van der Waals surface area (Å²) in [5.41, 5.74) is -1.63. The number of hydrogen-bond acceptors (Lipinski definition) is 7. The molecular weight excluding hydrogens is 390 g/mol. The molecule has 0 aliphatic carbocycles. The van der Waals surface area contributed by atoms with Crippen LogP contribution in [0, 0.1) is 16.0 Å². The molecule has 158 valence electrons. The lowest BCUT2D eigenvalue weighted by molar-refractivity contribution is -0.385. The van der Waals surface area contributed by atoms with Gasteiger partial charge >= 0.3 is 5.97 Å². The number of ketones is 2. The molecule has 8 nitrogen and oxygen atoms in total. The van der Waals surface area contributed by atoms with Crippen LogP contribution in [0.3, 0.4) is 0 Å². The monoisotopic (exact) mass is 413 g/mol. The molecule has 30 heavy (non-hydrogen) atoms. The van der Waals surface area contributed by atoms with Crippen LogP contribution >= 0.6 is 0 Å². The predicted octanol–water partition coefficient (Wildman–Crippen LogP) is 4.51. The Balaban J connectivity index is 2.42. The Labute approximate surface area is 174 Å². The van der Waals surface area contributed by atoms with Crippen LogP contribution in [0.25, 0.3) is 0 Å². The van der Waals surface area contributed by atoms with Gasteiger partial charge in [0.05, 0.1) is 4.92 Å². The molecule has 0 aliphatic heterocycles. The van der Waals surface area contributed by atoms with Crippen LogP contribution in [-0.2, 0) is 14.3 Å². The van der Waals surface area contributed by atoms with Gasteiger partial charge in [0.2, 0.25) is 0 Å². The van der Waals surface area contributed by atoms with E-state index in [9.17, 15) is 24.5 Å². The number of hydrogen-bond donors (Lipinski definition) is 0. The van der Waals surface area contributed by atoms with Gasteiger partial charge < -0.3 is 9.47 Å². The smallest absolute Gasteiger partial charge is 0.317 e. The summed E-state index contributed by atoms with van der Waals surface area (Å²) in [7, 11) is 0. The van der Waals surface area contributed by atoms with Crippen molar-refractivity contribution < 1.29 is 28.8 Å². The molecule has 0 radical (unpaired) electrons. The van der Waals surface area contributed by atoms with Crippen molar-refractivity contribution in [1.82, 2.24) is 0 Å². The summed E-state index contributed by atoms with van der Waals surface area (Å²) >= 11 is 0. The molecule has 0 bridgehead atoms. The van der Waals surface area contributed by atoms with Crippen molar-refractivity contribution in [1.29, 1.82) is 0 Å². The molecule has 0 saturated heterocycles. The summed E-state index contributed by atoms with van der Waals surface area (Å²) < 4.78 is 10.9. The van der Waals surface area contributed by atoms with Gasteiger partial charge in [-0.1, -0.05) is 24.3 Å². The lowest BCUT2D eigenvalue weighted by Crippen LogP contribution is -2.33. The molecule has 2 rings (SSSR count). The third kappa shape index (κ3) is 5.97. The third-order valence-electron chi connectivity index (χ3n) is 4.02. The standard InChI is InChI=1S/C22H23NO7/c1-14(24)16(21(26)30-22(2,3)4)13-18(25)20-17(23(27)28)11-8-12-19(20)29-15-9-6-5-7-10-15/h5-12,16H,13H2,1-4H3/t16-/m1/s1. The Bertz CT molecular complexity index is 961. The number of benzene rings is 2. The van der Waals surface area contributed by atoms with Gasteiger partial charge in [0.1, 0.15) is 34.4 Å². The summed E-state index contributed by atoms with van der Waals surface area (Å²) in [4.78, 5) is 48.2. The number of Topliss-reactive ketones (excluding diaryl/α,β-unsaturated/α-hetero) is 2. The summed E-state index contributed by atoms with van der Waals surface area (Å²) in [5, 5.41) is 11.5. The maximum atomic E-state index is 13.0. The Kier molecular flexibility index (Phi) is 7.05. The first-order valence-electron chi connectivity index (χ1n) is 9.26. The molecular formula is C22H23NO7. The maximum Gasteiger partial charge on any atom is 0.317 e. The lowest BCUT2D eigenvalue weighted by Gasteiger charge is -2.22. The van der Waals surface area contributed by atoms with E-state index in [-0.39, 0.29) is 11.3 Å². The summed E-state index contributed by atoms with van der Waals surface area (Å²) in [6.45, 7) is 6.08. The van der Waals surface area contributed by atoms with E-state index in [0.717, 1.165) is 0 Å². The Morgan fingerprint density at radius 2 is 1.67 bits per heavy atom. The highest BCUT2D eigenvalue weighted by Gasteiger charge is 2.34. The molecule has 0 aliphatic rings. The number of nitrogens with zero attached hydrogens (tertiary/aromatic N) is 1. The average molecular weight is 413 g/mol. The van der Waals surface area contributed by atoms with Gasteiger partial charge in [0, 0.05) is 12.5 Å². The molecule has 0 fully saturated rings. The summed E-state index contributed by atoms with van der Waals surface area (Å²) in [5.74, 6) is -3.22. The van der Waals surface area contributed by atoms with Gasteiger partial charge in [0.15, 0.2) is 5.78 Å². The minimum Gasteiger partial charge on any atom is -0.459 e. The van der Waals surface area contributed by atoms with Gasteiger partial charge in [0.25, 0.3) is 5.69 Å². The van der Waals surface area contributed by atoms with E-state index in [0.29, 0.717) is 5.75 Å². The second-order valence-corrected chi connectivity index (χ2v) is 7.65. The zero-order chi connectivity index (χ0) is 22.5. The SMILES string of the molecule is CC(=O)[C@@H](CC(=O)c1c(Oc2ccccc2)cccc1[N+](=O)[O-])C(=O)OC(C)(C)C. The fraction of sp³-hybridized carbons (Fsp3) is 0.318. The van der Waals surface area contributed by atoms with Gasteiger partial charge in [-0.25, -0.2) is 0 Å². The molecule has 0 aromatic heterocycles. The van der Waals surface area contributed by atoms with E-state index in [1.807, 2.05) is 0 Å². The van der Waals surface area contributed by atoms with E-state index in [2.05, 4.69) is 0 Å². The van der Waals surface area contributed by atoms with Crippen LogP contribution in [0.15, 0.2) is 48.5 Å². The highest BCUT2D eigenvalue weighted by atomic mass is 16.6. The molecule has 2 aromatic rings. The molecule has 0 heterocycles. The minimum absolute atomic E-state index is 0.0353. The first kappa shape index (κ1) is 22.7.